The van der Waals surface area contributed by atoms with Gasteiger partial charge in [0.2, 0.25) is 0 Å². The minimum absolute atomic E-state index is 0.0108. The summed E-state index contributed by atoms with van der Waals surface area (Å²) in [4.78, 5) is 10.9. The second-order valence-corrected chi connectivity index (χ2v) is 5.28. The summed E-state index contributed by atoms with van der Waals surface area (Å²) in [6.45, 7) is 3.81. The Morgan fingerprint density at radius 3 is 2.41 bits per heavy atom. The van der Waals surface area contributed by atoms with Crippen LogP contribution < -0.4 is 0 Å². The van der Waals surface area contributed by atoms with Gasteiger partial charge in [-0.2, -0.15) is 0 Å². The summed E-state index contributed by atoms with van der Waals surface area (Å²) in [5.74, 6) is -0.838. The average Bonchev–Trinajstić information content (AvgIpc) is 2.28. The van der Waals surface area contributed by atoms with Crippen LogP contribution in [-0.2, 0) is 9.53 Å². The number of carbonyl (C=O) groups is 1. The Bertz CT molecular complexity index is 388. The van der Waals surface area contributed by atoms with Crippen molar-refractivity contribution in [2.45, 2.75) is 31.8 Å². The monoisotopic (exact) mass is 300 g/mol. The van der Waals surface area contributed by atoms with Gasteiger partial charge >= 0.3 is 5.97 Å². The Kier molecular flexibility index (Phi) is 4.71. The predicted octanol–water partition coefficient (Wildman–Crippen LogP) is 3.43. The summed E-state index contributed by atoms with van der Waals surface area (Å²) in [5, 5.41) is 8.93. The van der Waals surface area contributed by atoms with Crippen molar-refractivity contribution >= 4 is 21.9 Å². The zero-order chi connectivity index (χ0) is 13.1. The summed E-state index contributed by atoms with van der Waals surface area (Å²) >= 11 is 3.38. The topological polar surface area (TPSA) is 46.5 Å². The van der Waals surface area contributed by atoms with Crippen LogP contribution in [0.15, 0.2) is 28.7 Å². The van der Waals surface area contributed by atoms with Crippen LogP contribution >= 0.6 is 15.9 Å². The van der Waals surface area contributed by atoms with Gasteiger partial charge in [-0.25, -0.2) is 0 Å². The molecule has 4 heteroatoms. The second kappa shape index (κ2) is 5.65. The van der Waals surface area contributed by atoms with Gasteiger partial charge in [0.15, 0.2) is 0 Å². The molecular weight excluding hydrogens is 284 g/mol. The van der Waals surface area contributed by atoms with Gasteiger partial charge in [0, 0.05) is 17.5 Å². The summed E-state index contributed by atoms with van der Waals surface area (Å²) in [7, 11) is 1.55. The molecule has 0 spiro atoms. The summed E-state index contributed by atoms with van der Waals surface area (Å²) in [6, 6.07) is 7.85. The normalized spacial score (nSPS) is 16.2. The number of aliphatic carboxylic acids is 1. The lowest BCUT2D eigenvalue weighted by molar-refractivity contribution is -0.144. The molecule has 0 amide bonds. The summed E-state index contributed by atoms with van der Waals surface area (Å²) in [5.41, 5.74) is 0.374. The van der Waals surface area contributed by atoms with E-state index < -0.39 is 11.6 Å². The summed E-state index contributed by atoms with van der Waals surface area (Å²) < 4.78 is 6.41. The Morgan fingerprint density at radius 1 is 1.47 bits per heavy atom. The lowest BCUT2D eigenvalue weighted by atomic mass is 9.82. The lowest BCUT2D eigenvalue weighted by Gasteiger charge is -2.33. The molecule has 1 rings (SSSR count). The molecular formula is C13H17BrO3. The largest absolute Gasteiger partial charge is 0.481 e. The minimum Gasteiger partial charge on any atom is -0.481 e. The standard InChI is InChI=1S/C13H17BrO3/c1-9(10-4-6-11(14)7-5-10)13(2,17-3)8-12(15)16/h4-7,9H,8H2,1-3H3,(H,15,16). The van der Waals surface area contributed by atoms with E-state index in [-0.39, 0.29) is 12.3 Å². The molecule has 0 aliphatic heterocycles. The van der Waals surface area contributed by atoms with Gasteiger partial charge in [0.05, 0.1) is 12.0 Å². The highest BCUT2D eigenvalue weighted by molar-refractivity contribution is 9.10. The van der Waals surface area contributed by atoms with E-state index in [0.717, 1.165) is 10.0 Å². The SMILES string of the molecule is COC(C)(CC(=O)O)C(C)c1ccc(Br)cc1. The van der Waals surface area contributed by atoms with Crippen molar-refractivity contribution in [2.24, 2.45) is 0 Å². The van der Waals surface area contributed by atoms with E-state index in [0.29, 0.717) is 0 Å². The van der Waals surface area contributed by atoms with E-state index in [1.54, 1.807) is 7.11 Å². The van der Waals surface area contributed by atoms with E-state index >= 15 is 0 Å². The van der Waals surface area contributed by atoms with Crippen LogP contribution in [0.2, 0.25) is 0 Å². The highest BCUT2D eigenvalue weighted by atomic mass is 79.9. The first-order chi connectivity index (χ1) is 7.89. The Balaban J connectivity index is 2.96. The smallest absolute Gasteiger partial charge is 0.306 e. The maximum absolute atomic E-state index is 10.9. The van der Waals surface area contributed by atoms with Crippen molar-refractivity contribution < 1.29 is 14.6 Å². The highest BCUT2D eigenvalue weighted by Crippen LogP contribution is 2.33. The number of halogens is 1. The Hall–Kier alpha value is -0.870. The number of hydrogen-bond donors (Lipinski definition) is 1. The van der Waals surface area contributed by atoms with Gasteiger partial charge in [-0.3, -0.25) is 4.79 Å². The van der Waals surface area contributed by atoms with E-state index in [1.807, 2.05) is 38.1 Å². The first-order valence-corrected chi connectivity index (χ1v) is 6.21. The molecule has 0 aliphatic carbocycles. The first kappa shape index (κ1) is 14.2. The third-order valence-electron chi connectivity index (χ3n) is 3.25. The quantitative estimate of drug-likeness (QED) is 0.906. The van der Waals surface area contributed by atoms with Gasteiger partial charge in [0.1, 0.15) is 0 Å². The molecule has 94 valence electrons. The van der Waals surface area contributed by atoms with Crippen LogP contribution in [0, 0.1) is 0 Å². The fraction of sp³-hybridized carbons (Fsp3) is 0.462. The van der Waals surface area contributed by atoms with E-state index in [1.165, 1.54) is 0 Å². The van der Waals surface area contributed by atoms with Crippen molar-refractivity contribution in [3.05, 3.63) is 34.3 Å². The maximum atomic E-state index is 10.9. The van der Waals surface area contributed by atoms with E-state index in [2.05, 4.69) is 15.9 Å². The number of ether oxygens (including phenoxy) is 1. The number of hydrogen-bond acceptors (Lipinski definition) is 2. The van der Waals surface area contributed by atoms with Crippen LogP contribution in [0.1, 0.15) is 31.7 Å². The van der Waals surface area contributed by atoms with Crippen LogP contribution in [0.5, 0.6) is 0 Å². The van der Waals surface area contributed by atoms with Crippen LogP contribution in [0.4, 0.5) is 0 Å². The molecule has 0 saturated heterocycles. The highest BCUT2D eigenvalue weighted by Gasteiger charge is 2.34. The van der Waals surface area contributed by atoms with Gasteiger partial charge in [-0.05, 0) is 24.6 Å². The van der Waals surface area contributed by atoms with E-state index in [9.17, 15) is 4.79 Å². The first-order valence-electron chi connectivity index (χ1n) is 5.41. The molecule has 0 aliphatic rings. The molecule has 0 bridgehead atoms. The third-order valence-corrected chi connectivity index (χ3v) is 3.78. The predicted molar refractivity (Wildman–Crippen MR) is 70.2 cm³/mol. The molecule has 1 N–H and O–H groups in total. The van der Waals surface area contributed by atoms with Crippen molar-refractivity contribution in [3.8, 4) is 0 Å². The fourth-order valence-corrected chi connectivity index (χ4v) is 2.07. The number of rotatable bonds is 5. The molecule has 3 nitrogen and oxygen atoms in total. The van der Waals surface area contributed by atoms with Gasteiger partial charge in [-0.15, -0.1) is 0 Å². The van der Waals surface area contributed by atoms with E-state index in [4.69, 9.17) is 9.84 Å². The Labute approximate surface area is 110 Å². The van der Waals surface area contributed by atoms with Gasteiger partial charge in [-0.1, -0.05) is 35.0 Å². The number of benzene rings is 1. The van der Waals surface area contributed by atoms with Gasteiger partial charge < -0.3 is 9.84 Å². The molecule has 0 aromatic heterocycles. The average molecular weight is 301 g/mol. The zero-order valence-corrected chi connectivity index (χ0v) is 11.8. The molecule has 1 aromatic carbocycles. The number of carboxylic acid groups (broad SMARTS) is 1. The molecule has 0 radical (unpaired) electrons. The molecule has 2 unspecified atom stereocenters. The van der Waals surface area contributed by atoms with Crippen LogP contribution in [0.3, 0.4) is 0 Å². The molecule has 1 aromatic rings. The minimum atomic E-state index is -0.849. The van der Waals surface area contributed by atoms with Crippen molar-refractivity contribution in [3.63, 3.8) is 0 Å². The van der Waals surface area contributed by atoms with Crippen LogP contribution in [-0.4, -0.2) is 23.8 Å². The third kappa shape index (κ3) is 3.54. The maximum Gasteiger partial charge on any atom is 0.306 e. The van der Waals surface area contributed by atoms with Crippen molar-refractivity contribution in [1.29, 1.82) is 0 Å². The lowest BCUT2D eigenvalue weighted by Crippen LogP contribution is -2.36. The number of methoxy groups -OCH3 is 1. The zero-order valence-electron chi connectivity index (χ0n) is 10.2. The van der Waals surface area contributed by atoms with Crippen molar-refractivity contribution in [1.82, 2.24) is 0 Å². The second-order valence-electron chi connectivity index (χ2n) is 4.36. The fourth-order valence-electron chi connectivity index (χ4n) is 1.81. The molecule has 17 heavy (non-hydrogen) atoms. The molecule has 0 fully saturated rings. The van der Waals surface area contributed by atoms with Gasteiger partial charge in [0.25, 0.3) is 0 Å². The molecule has 2 atom stereocenters. The Morgan fingerprint density at radius 2 is 2.00 bits per heavy atom. The van der Waals surface area contributed by atoms with Crippen molar-refractivity contribution in [2.75, 3.05) is 7.11 Å². The van der Waals surface area contributed by atoms with Crippen LogP contribution in [0.25, 0.3) is 0 Å². The summed E-state index contributed by atoms with van der Waals surface area (Å²) in [6.07, 6.45) is -0.0132. The number of carboxylic acids is 1. The molecule has 0 saturated carbocycles. The molecule has 0 heterocycles.